The molecule has 1 N–H and O–H groups in total. The van der Waals surface area contributed by atoms with E-state index in [4.69, 9.17) is 16.3 Å². The second-order valence-corrected chi connectivity index (χ2v) is 7.16. The van der Waals surface area contributed by atoms with E-state index in [2.05, 4.69) is 0 Å². The number of halogens is 5. The molecule has 2 aromatic carbocycles. The van der Waals surface area contributed by atoms with E-state index in [1.165, 1.54) is 12.1 Å². The maximum absolute atomic E-state index is 14.8. The predicted molar refractivity (Wildman–Crippen MR) is 95.2 cm³/mol. The number of carbonyl (C=O) groups is 1. The third-order valence-corrected chi connectivity index (χ3v) is 5.20. The lowest BCUT2D eigenvalue weighted by atomic mass is 9.89. The number of nitrogens with zero attached hydrogens (tertiary/aromatic N) is 1. The topological polar surface area (TPSA) is 41.6 Å². The highest BCUT2D eigenvalue weighted by molar-refractivity contribution is 6.31. The molecule has 0 aliphatic carbocycles. The van der Waals surface area contributed by atoms with Crippen molar-refractivity contribution in [2.24, 2.45) is 0 Å². The van der Waals surface area contributed by atoms with E-state index in [-0.39, 0.29) is 17.7 Å². The van der Waals surface area contributed by atoms with Crippen LogP contribution in [0.15, 0.2) is 36.4 Å². The molecule has 4 nitrogen and oxygen atoms in total. The third kappa shape index (κ3) is 3.26. The zero-order valence-corrected chi connectivity index (χ0v) is 15.1. The molecule has 2 aliphatic rings. The highest BCUT2D eigenvalue weighted by atomic mass is 35.5. The Kier molecular flexibility index (Phi) is 4.61. The van der Waals surface area contributed by atoms with Gasteiger partial charge in [0.2, 0.25) is 0 Å². The average Bonchev–Trinajstić information content (AvgIpc) is 2.77. The maximum Gasteiger partial charge on any atom is 0.471 e. The normalized spacial score (nSPS) is 21.0. The first-order valence-corrected chi connectivity index (χ1v) is 9.03. The molecule has 9 heteroatoms. The zero-order valence-electron chi connectivity index (χ0n) is 14.4. The van der Waals surface area contributed by atoms with Crippen molar-refractivity contribution in [3.8, 4) is 11.5 Å². The quantitative estimate of drug-likeness (QED) is 0.670. The molecule has 1 amide bonds. The van der Waals surface area contributed by atoms with Gasteiger partial charge in [-0.2, -0.15) is 13.2 Å². The van der Waals surface area contributed by atoms with E-state index >= 15 is 0 Å². The van der Waals surface area contributed by atoms with Crippen LogP contribution in [-0.4, -0.2) is 24.7 Å². The van der Waals surface area contributed by atoms with Crippen molar-refractivity contribution in [3.05, 3.63) is 52.8 Å². The Labute approximate surface area is 163 Å². The number of alkyl halides is 3. The van der Waals surface area contributed by atoms with Crippen LogP contribution in [-0.2, 0) is 4.79 Å². The van der Waals surface area contributed by atoms with Crippen molar-refractivity contribution in [1.82, 2.24) is 5.32 Å². The molecule has 2 atom stereocenters. The van der Waals surface area contributed by atoms with Crippen LogP contribution in [0.2, 0.25) is 5.02 Å². The van der Waals surface area contributed by atoms with Gasteiger partial charge >= 0.3 is 12.1 Å². The van der Waals surface area contributed by atoms with Crippen molar-refractivity contribution in [2.45, 2.75) is 31.1 Å². The highest BCUT2D eigenvalue weighted by Gasteiger charge is 2.45. The first-order valence-electron chi connectivity index (χ1n) is 8.66. The molecular weight excluding hydrogens is 400 g/mol. The van der Waals surface area contributed by atoms with Crippen LogP contribution in [0.1, 0.15) is 24.4 Å². The number of fused-ring (bicyclic) bond motifs is 5. The lowest BCUT2D eigenvalue weighted by molar-refractivity contribution is -0.174. The summed E-state index contributed by atoms with van der Waals surface area (Å²) in [5, 5.41) is 2.45. The Hall–Kier alpha value is -2.48. The van der Waals surface area contributed by atoms with Crippen molar-refractivity contribution in [1.29, 1.82) is 0 Å². The highest BCUT2D eigenvalue weighted by Crippen LogP contribution is 2.49. The minimum atomic E-state index is -5.03. The van der Waals surface area contributed by atoms with Crippen molar-refractivity contribution in [2.75, 3.05) is 11.4 Å². The van der Waals surface area contributed by atoms with Crippen LogP contribution in [0, 0.1) is 5.82 Å². The summed E-state index contributed by atoms with van der Waals surface area (Å²) in [6.07, 6.45) is -4.25. The van der Waals surface area contributed by atoms with E-state index in [1.54, 1.807) is 29.2 Å². The van der Waals surface area contributed by atoms with E-state index in [0.717, 1.165) is 0 Å². The molecule has 148 valence electrons. The minimum Gasteiger partial charge on any atom is -0.455 e. The smallest absolute Gasteiger partial charge is 0.455 e. The average molecular weight is 415 g/mol. The largest absolute Gasteiger partial charge is 0.471 e. The van der Waals surface area contributed by atoms with Gasteiger partial charge < -0.3 is 15.0 Å². The summed E-state index contributed by atoms with van der Waals surface area (Å²) in [6.45, 7) is 0.452. The van der Waals surface area contributed by atoms with Gasteiger partial charge in [-0.15, -0.1) is 0 Å². The predicted octanol–water partition coefficient (Wildman–Crippen LogP) is 4.97. The fourth-order valence-corrected chi connectivity index (χ4v) is 4.00. The Morgan fingerprint density at radius 3 is 2.75 bits per heavy atom. The Morgan fingerprint density at radius 1 is 1.21 bits per heavy atom. The number of carbonyl (C=O) groups excluding carboxylic acids is 1. The van der Waals surface area contributed by atoms with Gasteiger partial charge in [0, 0.05) is 11.6 Å². The SMILES string of the molecule is O=C(N[C@H]1CCCN2c3cc(Cl)ccc3Oc3cccc(F)c3[C@@H]12)C(F)(F)F. The molecule has 0 bridgehead atoms. The summed E-state index contributed by atoms with van der Waals surface area (Å²) in [5.74, 6) is -2.04. The van der Waals surface area contributed by atoms with Crippen LogP contribution in [0.25, 0.3) is 0 Å². The first-order chi connectivity index (χ1) is 13.3. The molecule has 1 fully saturated rings. The number of benzene rings is 2. The number of nitrogens with one attached hydrogen (secondary N) is 1. The standard InChI is InChI=1S/C19H15ClF4N2O2/c20-10-6-7-14-13(9-10)26-8-2-4-12(25-18(27)19(22,23)24)17(26)16-11(21)3-1-5-15(16)28-14/h1,3,5-7,9,12,17H,2,4,8H2,(H,25,27)/t12-,17+/m0/s1. The Balaban J connectivity index is 1.85. The lowest BCUT2D eigenvalue weighted by Gasteiger charge is -2.42. The fourth-order valence-electron chi connectivity index (χ4n) is 3.84. The molecule has 0 spiro atoms. The molecular formula is C19H15ClF4N2O2. The summed E-state index contributed by atoms with van der Waals surface area (Å²) in [4.78, 5) is 13.3. The van der Waals surface area contributed by atoms with Crippen molar-refractivity contribution < 1.29 is 27.1 Å². The van der Waals surface area contributed by atoms with Crippen LogP contribution in [0.4, 0.5) is 23.2 Å². The van der Waals surface area contributed by atoms with Gasteiger partial charge in [-0.05, 0) is 43.2 Å². The number of ether oxygens (including phenoxy) is 1. The molecule has 28 heavy (non-hydrogen) atoms. The van der Waals surface area contributed by atoms with E-state index in [0.29, 0.717) is 29.4 Å². The molecule has 2 aliphatic heterocycles. The second-order valence-electron chi connectivity index (χ2n) is 6.72. The molecule has 1 saturated heterocycles. The van der Waals surface area contributed by atoms with Crippen LogP contribution in [0.5, 0.6) is 11.5 Å². The van der Waals surface area contributed by atoms with Crippen LogP contribution < -0.4 is 15.0 Å². The Bertz CT molecular complexity index is 935. The number of anilines is 1. The molecule has 0 radical (unpaired) electrons. The molecule has 2 heterocycles. The summed E-state index contributed by atoms with van der Waals surface area (Å²) >= 11 is 6.11. The molecule has 0 saturated carbocycles. The number of hydrogen-bond acceptors (Lipinski definition) is 3. The zero-order chi connectivity index (χ0) is 20.1. The maximum atomic E-state index is 14.8. The number of amides is 1. The molecule has 0 aromatic heterocycles. The van der Waals surface area contributed by atoms with Gasteiger partial charge in [-0.3, -0.25) is 4.79 Å². The van der Waals surface area contributed by atoms with Gasteiger partial charge in [0.25, 0.3) is 0 Å². The summed E-state index contributed by atoms with van der Waals surface area (Å²) in [5.41, 5.74) is 0.654. The van der Waals surface area contributed by atoms with Gasteiger partial charge in [0.1, 0.15) is 11.6 Å². The lowest BCUT2D eigenvalue weighted by Crippen LogP contribution is -2.53. The second kappa shape index (κ2) is 6.84. The van der Waals surface area contributed by atoms with Gasteiger partial charge in [-0.1, -0.05) is 17.7 Å². The molecule has 4 rings (SSSR count). The van der Waals surface area contributed by atoms with Gasteiger partial charge in [-0.25, -0.2) is 4.39 Å². The van der Waals surface area contributed by atoms with Crippen LogP contribution >= 0.6 is 11.6 Å². The fraction of sp³-hybridized carbons (Fsp3) is 0.316. The summed E-state index contributed by atoms with van der Waals surface area (Å²) in [7, 11) is 0. The number of piperidine rings is 1. The van der Waals surface area contributed by atoms with Crippen molar-refractivity contribution >= 4 is 23.2 Å². The first kappa shape index (κ1) is 18.9. The van der Waals surface area contributed by atoms with E-state index in [1.807, 2.05) is 5.32 Å². The summed E-state index contributed by atoms with van der Waals surface area (Å²) in [6, 6.07) is 7.30. The summed E-state index contributed by atoms with van der Waals surface area (Å²) < 4.78 is 59.2. The van der Waals surface area contributed by atoms with Gasteiger partial charge in [0.15, 0.2) is 5.75 Å². The third-order valence-electron chi connectivity index (χ3n) is 4.96. The number of hydrogen-bond donors (Lipinski definition) is 1. The van der Waals surface area contributed by atoms with E-state index < -0.39 is 30.0 Å². The van der Waals surface area contributed by atoms with Crippen molar-refractivity contribution in [3.63, 3.8) is 0 Å². The monoisotopic (exact) mass is 414 g/mol. The minimum absolute atomic E-state index is 0.113. The van der Waals surface area contributed by atoms with Gasteiger partial charge in [0.05, 0.1) is 23.3 Å². The van der Waals surface area contributed by atoms with Crippen LogP contribution in [0.3, 0.4) is 0 Å². The Morgan fingerprint density at radius 2 is 2.00 bits per heavy atom. The molecule has 0 unspecified atom stereocenters. The molecule has 2 aromatic rings. The number of rotatable bonds is 1. The van der Waals surface area contributed by atoms with E-state index in [9.17, 15) is 22.4 Å².